The van der Waals surface area contributed by atoms with Crippen LogP contribution in [-0.4, -0.2) is 17.2 Å². The molecule has 2 aromatic rings. The number of nitrogens with one attached hydrogen (secondary N) is 2. The zero-order valence-electron chi connectivity index (χ0n) is 7.90. The van der Waals surface area contributed by atoms with Gasteiger partial charge in [-0.1, -0.05) is 12.2 Å². The van der Waals surface area contributed by atoms with Crippen molar-refractivity contribution in [3.8, 4) is 0 Å². The largest absolute Gasteiger partial charge is 0.333 e. The maximum atomic E-state index is 5.08. The molecule has 0 saturated carbocycles. The van der Waals surface area contributed by atoms with Crippen LogP contribution in [-0.2, 0) is 0 Å². The Hall–Kier alpha value is -0.0800. The SMILES string of the molecule is CN.S=c1[nH][nH]c2c(S)c(S)cc(S)c12. The van der Waals surface area contributed by atoms with E-state index in [4.69, 9.17) is 12.2 Å². The van der Waals surface area contributed by atoms with Crippen LogP contribution in [0.1, 0.15) is 0 Å². The lowest BCUT2D eigenvalue weighted by Crippen LogP contribution is -1.77. The number of hydrogen-bond acceptors (Lipinski definition) is 5. The molecule has 0 aliphatic carbocycles. The van der Waals surface area contributed by atoms with Crippen LogP contribution >= 0.6 is 50.1 Å². The van der Waals surface area contributed by atoms with Crippen LogP contribution in [0.25, 0.3) is 10.9 Å². The number of thiol groups is 3. The number of H-pyrrole nitrogens is 2. The van der Waals surface area contributed by atoms with E-state index < -0.39 is 0 Å². The molecule has 0 bridgehead atoms. The van der Waals surface area contributed by atoms with Crippen LogP contribution in [0, 0.1) is 4.64 Å². The highest BCUT2D eigenvalue weighted by Crippen LogP contribution is 2.31. The number of hydrogen-bond donors (Lipinski definition) is 6. The average Bonchev–Trinajstić information content (AvgIpc) is 2.61. The van der Waals surface area contributed by atoms with E-state index in [-0.39, 0.29) is 0 Å². The minimum Gasteiger partial charge on any atom is -0.333 e. The van der Waals surface area contributed by atoms with Gasteiger partial charge in [0.15, 0.2) is 0 Å². The summed E-state index contributed by atoms with van der Waals surface area (Å²) < 4.78 is 0.642. The summed E-state index contributed by atoms with van der Waals surface area (Å²) in [4.78, 5) is 2.37. The Balaban J connectivity index is 0.000000531. The lowest BCUT2D eigenvalue weighted by atomic mass is 10.2. The summed E-state index contributed by atoms with van der Waals surface area (Å²) in [5.41, 5.74) is 5.35. The molecule has 3 nitrogen and oxygen atoms in total. The molecule has 0 atom stereocenters. The third-order valence-electron chi connectivity index (χ3n) is 1.79. The fraction of sp³-hybridized carbons (Fsp3) is 0.125. The summed E-state index contributed by atoms with van der Waals surface area (Å²) in [6.07, 6.45) is 0. The summed E-state index contributed by atoms with van der Waals surface area (Å²) in [7, 11) is 1.50. The summed E-state index contributed by atoms with van der Waals surface area (Å²) in [5, 5.41) is 6.67. The third-order valence-corrected chi connectivity index (χ3v) is 3.44. The van der Waals surface area contributed by atoms with Gasteiger partial charge in [-0.3, -0.25) is 10.2 Å². The van der Waals surface area contributed by atoms with Crippen LogP contribution in [0.2, 0.25) is 0 Å². The smallest absolute Gasteiger partial charge is 0.128 e. The Kier molecular flexibility index (Phi) is 4.60. The molecular formula is C8H11N3S4. The quantitative estimate of drug-likeness (QED) is 0.331. The summed E-state index contributed by atoms with van der Waals surface area (Å²) in [5.74, 6) is 0. The summed E-state index contributed by atoms with van der Waals surface area (Å²) in [6.45, 7) is 0. The molecule has 0 radical (unpaired) electrons. The highest BCUT2D eigenvalue weighted by Gasteiger charge is 2.08. The topological polar surface area (TPSA) is 57.6 Å². The van der Waals surface area contributed by atoms with Gasteiger partial charge in [-0.25, -0.2) is 0 Å². The van der Waals surface area contributed by atoms with Crippen molar-refractivity contribution in [2.24, 2.45) is 5.73 Å². The fourth-order valence-electron chi connectivity index (χ4n) is 1.18. The maximum absolute atomic E-state index is 5.08. The van der Waals surface area contributed by atoms with E-state index in [1.54, 1.807) is 0 Å². The first-order valence-electron chi connectivity index (χ1n) is 4.03. The minimum atomic E-state index is 0.642. The first-order valence-corrected chi connectivity index (χ1v) is 5.78. The molecule has 0 aliphatic rings. The van der Waals surface area contributed by atoms with Crippen LogP contribution in [0.4, 0.5) is 0 Å². The van der Waals surface area contributed by atoms with Gasteiger partial charge in [0.1, 0.15) is 4.64 Å². The molecule has 15 heavy (non-hydrogen) atoms. The standard InChI is InChI=1S/C7H6N2S4.CH5N/c10-2-1-3(11)6(12)5-4(2)7(13)9-8-5;1-2/h1,10-12H,(H2,8,9,13);2H2,1H3. The summed E-state index contributed by atoms with van der Waals surface area (Å²) >= 11 is 18.0. The number of benzene rings is 1. The zero-order chi connectivity index (χ0) is 11.6. The van der Waals surface area contributed by atoms with Gasteiger partial charge >= 0.3 is 0 Å². The molecule has 0 fully saturated rings. The molecule has 0 spiro atoms. The molecule has 2 rings (SSSR count). The summed E-state index contributed by atoms with van der Waals surface area (Å²) in [6, 6.07) is 1.83. The van der Waals surface area contributed by atoms with E-state index in [1.165, 1.54) is 7.05 Å². The normalized spacial score (nSPS) is 9.93. The predicted molar refractivity (Wildman–Crippen MR) is 75.4 cm³/mol. The molecule has 7 heteroatoms. The van der Waals surface area contributed by atoms with E-state index in [2.05, 4.69) is 53.8 Å². The van der Waals surface area contributed by atoms with Gasteiger partial charge in [-0.15, -0.1) is 37.9 Å². The van der Waals surface area contributed by atoms with Gasteiger partial charge in [-0.2, -0.15) is 0 Å². The van der Waals surface area contributed by atoms with E-state index in [9.17, 15) is 0 Å². The molecule has 1 heterocycles. The lowest BCUT2D eigenvalue weighted by Gasteiger charge is -2.01. The molecule has 0 saturated heterocycles. The van der Waals surface area contributed by atoms with Crippen LogP contribution in [0.15, 0.2) is 20.8 Å². The van der Waals surface area contributed by atoms with Crippen molar-refractivity contribution in [1.82, 2.24) is 10.2 Å². The number of aromatic nitrogens is 2. The second-order valence-corrected chi connectivity index (χ2v) is 4.41. The van der Waals surface area contributed by atoms with Gasteiger partial charge in [0.25, 0.3) is 0 Å². The second kappa shape index (κ2) is 5.31. The second-order valence-electron chi connectivity index (χ2n) is 2.59. The van der Waals surface area contributed by atoms with E-state index >= 15 is 0 Å². The number of aromatic amines is 2. The Morgan fingerprint density at radius 2 is 1.73 bits per heavy atom. The molecule has 0 unspecified atom stereocenters. The van der Waals surface area contributed by atoms with E-state index in [0.717, 1.165) is 25.6 Å². The molecule has 0 aliphatic heterocycles. The van der Waals surface area contributed by atoms with Crippen molar-refractivity contribution in [1.29, 1.82) is 0 Å². The lowest BCUT2D eigenvalue weighted by molar-refractivity contribution is 1.09. The number of rotatable bonds is 0. The first-order chi connectivity index (χ1) is 7.11. The minimum absolute atomic E-state index is 0.642. The highest BCUT2D eigenvalue weighted by molar-refractivity contribution is 7.84. The first kappa shape index (κ1) is 13.0. The van der Waals surface area contributed by atoms with Crippen molar-refractivity contribution >= 4 is 61.0 Å². The van der Waals surface area contributed by atoms with Crippen molar-refractivity contribution in [3.05, 3.63) is 10.7 Å². The van der Waals surface area contributed by atoms with Crippen LogP contribution < -0.4 is 5.73 Å². The predicted octanol–water partition coefficient (Wildman–Crippen LogP) is 2.67. The van der Waals surface area contributed by atoms with Crippen molar-refractivity contribution in [2.45, 2.75) is 14.7 Å². The Morgan fingerprint density at radius 1 is 1.13 bits per heavy atom. The molecule has 1 aromatic heterocycles. The zero-order valence-corrected chi connectivity index (χ0v) is 11.4. The Morgan fingerprint density at radius 3 is 2.33 bits per heavy atom. The highest BCUT2D eigenvalue weighted by atomic mass is 32.1. The van der Waals surface area contributed by atoms with E-state index in [1.807, 2.05) is 6.07 Å². The van der Waals surface area contributed by atoms with Gasteiger partial charge in [0.2, 0.25) is 0 Å². The molecule has 0 amide bonds. The van der Waals surface area contributed by atoms with Gasteiger partial charge in [-0.05, 0) is 13.1 Å². The molecule has 1 aromatic carbocycles. The number of nitrogens with two attached hydrogens (primary N) is 1. The third kappa shape index (κ3) is 2.36. The van der Waals surface area contributed by atoms with Gasteiger partial charge < -0.3 is 5.73 Å². The van der Waals surface area contributed by atoms with Crippen molar-refractivity contribution < 1.29 is 0 Å². The Bertz CT molecular complexity index is 528. The Labute approximate surface area is 109 Å². The van der Waals surface area contributed by atoms with Crippen LogP contribution in [0.3, 0.4) is 0 Å². The maximum Gasteiger partial charge on any atom is 0.128 e. The van der Waals surface area contributed by atoms with Crippen LogP contribution in [0.5, 0.6) is 0 Å². The fourth-order valence-corrected chi connectivity index (χ4v) is 2.44. The monoisotopic (exact) mass is 277 g/mol. The van der Waals surface area contributed by atoms with Gasteiger partial charge in [0.05, 0.1) is 10.9 Å². The molecular weight excluding hydrogens is 266 g/mol. The molecule has 82 valence electrons. The van der Waals surface area contributed by atoms with E-state index in [0.29, 0.717) is 4.64 Å². The van der Waals surface area contributed by atoms with Crippen molar-refractivity contribution in [3.63, 3.8) is 0 Å². The van der Waals surface area contributed by atoms with Crippen molar-refractivity contribution in [2.75, 3.05) is 7.05 Å². The van der Waals surface area contributed by atoms with Gasteiger partial charge in [0, 0.05) is 14.7 Å². The number of fused-ring (bicyclic) bond motifs is 1. The molecule has 4 N–H and O–H groups in total. The average molecular weight is 277 g/mol.